The van der Waals surface area contributed by atoms with Gasteiger partial charge in [-0.2, -0.15) is 22.0 Å². The molecule has 0 spiro atoms. The normalized spacial score (nSPS) is 12.3. The number of nitrogens with two attached hydrogens (primary N) is 1. The monoisotopic (exact) mass is 272 g/mol. The largest absolute Gasteiger partial charge is 0.478 e. The Labute approximate surface area is 95.6 Å². The SMILES string of the molecule is NNc1ncc(C(=O)O)c(C(F)(F)C(F)(F)F)n1. The second-order valence-corrected chi connectivity index (χ2v) is 2.98. The number of hydrazine groups is 1. The highest BCUT2D eigenvalue weighted by molar-refractivity contribution is 5.89. The molecule has 0 atom stereocenters. The Morgan fingerprint density at radius 2 is 1.89 bits per heavy atom. The molecule has 0 saturated heterocycles. The minimum Gasteiger partial charge on any atom is -0.478 e. The minimum absolute atomic E-state index is 0.305. The Morgan fingerprint density at radius 1 is 1.33 bits per heavy atom. The summed E-state index contributed by atoms with van der Waals surface area (Å²) < 4.78 is 62.5. The number of alkyl halides is 5. The Kier molecular flexibility index (Phi) is 3.37. The average Bonchev–Trinajstić information content (AvgIpc) is 2.26. The maximum absolute atomic E-state index is 13.1. The molecule has 6 nitrogen and oxygen atoms in total. The van der Waals surface area contributed by atoms with Crippen molar-refractivity contribution in [1.29, 1.82) is 0 Å². The van der Waals surface area contributed by atoms with Crippen molar-refractivity contribution in [1.82, 2.24) is 9.97 Å². The van der Waals surface area contributed by atoms with Gasteiger partial charge in [0.25, 0.3) is 0 Å². The van der Waals surface area contributed by atoms with E-state index in [9.17, 15) is 26.7 Å². The van der Waals surface area contributed by atoms with Gasteiger partial charge in [-0.15, -0.1) is 0 Å². The number of nitrogens with zero attached hydrogens (tertiary/aromatic N) is 2. The third-order valence-electron chi connectivity index (χ3n) is 1.80. The van der Waals surface area contributed by atoms with E-state index in [0.717, 1.165) is 0 Å². The Bertz CT molecular complexity index is 475. The van der Waals surface area contributed by atoms with Gasteiger partial charge in [-0.3, -0.25) is 5.43 Å². The molecule has 1 rings (SSSR count). The molecule has 0 aliphatic rings. The molecule has 0 unspecified atom stereocenters. The number of hydrogen-bond acceptors (Lipinski definition) is 5. The van der Waals surface area contributed by atoms with E-state index in [0.29, 0.717) is 6.20 Å². The number of nitrogens with one attached hydrogen (secondary N) is 1. The van der Waals surface area contributed by atoms with Gasteiger partial charge in [-0.1, -0.05) is 0 Å². The molecule has 1 aromatic rings. The molecule has 1 heterocycles. The van der Waals surface area contributed by atoms with E-state index in [2.05, 4.69) is 9.97 Å². The van der Waals surface area contributed by atoms with E-state index in [1.165, 1.54) is 0 Å². The number of anilines is 1. The first-order valence-electron chi connectivity index (χ1n) is 4.13. The number of rotatable bonds is 3. The van der Waals surface area contributed by atoms with E-state index in [4.69, 9.17) is 10.9 Å². The molecular formula is C7H5F5N4O2. The number of carbonyl (C=O) groups is 1. The number of nitrogen functional groups attached to an aromatic ring is 1. The van der Waals surface area contributed by atoms with Gasteiger partial charge in [-0.05, 0) is 0 Å². The Balaban J connectivity index is 3.50. The zero-order chi connectivity index (χ0) is 14.1. The third kappa shape index (κ3) is 2.30. The molecule has 0 saturated carbocycles. The second kappa shape index (κ2) is 4.33. The summed E-state index contributed by atoms with van der Waals surface area (Å²) in [6.07, 6.45) is -5.68. The number of halogens is 5. The van der Waals surface area contributed by atoms with Crippen molar-refractivity contribution >= 4 is 11.9 Å². The van der Waals surface area contributed by atoms with E-state index >= 15 is 0 Å². The van der Waals surface area contributed by atoms with Crippen LogP contribution in [0.5, 0.6) is 0 Å². The van der Waals surface area contributed by atoms with Crippen molar-refractivity contribution in [2.24, 2.45) is 5.84 Å². The highest BCUT2D eigenvalue weighted by Gasteiger charge is 2.61. The fourth-order valence-corrected chi connectivity index (χ4v) is 0.981. The zero-order valence-electron chi connectivity index (χ0n) is 8.29. The second-order valence-electron chi connectivity index (χ2n) is 2.98. The molecular weight excluding hydrogens is 267 g/mol. The van der Waals surface area contributed by atoms with E-state index in [1.54, 1.807) is 5.43 Å². The summed E-state index contributed by atoms with van der Waals surface area (Å²) in [5.41, 5.74) is -1.70. The summed E-state index contributed by atoms with van der Waals surface area (Å²) in [5, 5.41) is 8.53. The van der Waals surface area contributed by atoms with Crippen LogP contribution in [0.3, 0.4) is 0 Å². The number of hydrogen-bond donors (Lipinski definition) is 3. The maximum atomic E-state index is 13.1. The van der Waals surface area contributed by atoms with E-state index < -0.39 is 35.3 Å². The zero-order valence-corrected chi connectivity index (χ0v) is 8.29. The summed E-state index contributed by atoms with van der Waals surface area (Å²) >= 11 is 0. The van der Waals surface area contributed by atoms with Crippen molar-refractivity contribution in [3.05, 3.63) is 17.5 Å². The van der Waals surface area contributed by atoms with Gasteiger partial charge in [0, 0.05) is 6.20 Å². The van der Waals surface area contributed by atoms with Gasteiger partial charge in [0.05, 0.1) is 0 Å². The molecule has 18 heavy (non-hydrogen) atoms. The summed E-state index contributed by atoms with van der Waals surface area (Å²) in [6, 6.07) is 0. The predicted octanol–water partition coefficient (Wildman–Crippen LogP) is 1.11. The topological polar surface area (TPSA) is 101 Å². The van der Waals surface area contributed by atoms with Crippen LogP contribution in [0.4, 0.5) is 27.9 Å². The molecule has 0 aliphatic carbocycles. The lowest BCUT2D eigenvalue weighted by molar-refractivity contribution is -0.291. The van der Waals surface area contributed by atoms with Crippen LogP contribution in [0.25, 0.3) is 0 Å². The van der Waals surface area contributed by atoms with Crippen LogP contribution in [-0.2, 0) is 5.92 Å². The number of carboxylic acid groups (broad SMARTS) is 1. The average molecular weight is 272 g/mol. The summed E-state index contributed by atoms with van der Waals surface area (Å²) in [4.78, 5) is 16.5. The van der Waals surface area contributed by atoms with Gasteiger partial charge in [0.2, 0.25) is 5.95 Å². The molecule has 0 amide bonds. The molecule has 0 bridgehead atoms. The van der Waals surface area contributed by atoms with Crippen LogP contribution < -0.4 is 11.3 Å². The molecule has 100 valence electrons. The lowest BCUT2D eigenvalue weighted by Gasteiger charge is -2.20. The minimum atomic E-state index is -5.99. The van der Waals surface area contributed by atoms with E-state index in [1.807, 2.05) is 0 Å². The highest BCUT2D eigenvalue weighted by atomic mass is 19.4. The molecule has 1 aromatic heterocycles. The third-order valence-corrected chi connectivity index (χ3v) is 1.80. The van der Waals surface area contributed by atoms with Crippen molar-refractivity contribution in [3.63, 3.8) is 0 Å². The first-order valence-corrected chi connectivity index (χ1v) is 4.13. The standard InChI is InChI=1S/C7H5F5N4O2/c8-6(9,7(10,11)12)3-2(4(17)18)1-14-5(15-3)16-13/h1H,13H2,(H,17,18)(H,14,15,16). The van der Waals surface area contributed by atoms with Crippen LogP contribution in [0, 0.1) is 0 Å². The number of carboxylic acids is 1. The van der Waals surface area contributed by atoms with Crippen molar-refractivity contribution < 1.29 is 31.9 Å². The van der Waals surface area contributed by atoms with Gasteiger partial charge in [0.15, 0.2) is 0 Å². The smallest absolute Gasteiger partial charge is 0.459 e. The van der Waals surface area contributed by atoms with Gasteiger partial charge in [-0.25, -0.2) is 20.6 Å². The first-order chi connectivity index (χ1) is 8.11. The van der Waals surface area contributed by atoms with Crippen LogP contribution in [0.15, 0.2) is 6.20 Å². The maximum Gasteiger partial charge on any atom is 0.459 e. The quantitative estimate of drug-likeness (QED) is 0.433. The molecule has 0 aliphatic heterocycles. The predicted molar refractivity (Wildman–Crippen MR) is 46.8 cm³/mol. The molecule has 0 aromatic carbocycles. The van der Waals surface area contributed by atoms with Crippen LogP contribution >= 0.6 is 0 Å². The summed E-state index contributed by atoms with van der Waals surface area (Å²) in [7, 11) is 0. The van der Waals surface area contributed by atoms with E-state index in [-0.39, 0.29) is 0 Å². The fourth-order valence-electron chi connectivity index (χ4n) is 0.981. The molecule has 4 N–H and O–H groups in total. The highest BCUT2D eigenvalue weighted by Crippen LogP contribution is 2.44. The lowest BCUT2D eigenvalue weighted by Crippen LogP contribution is -2.36. The Morgan fingerprint density at radius 3 is 2.28 bits per heavy atom. The molecule has 0 radical (unpaired) electrons. The van der Waals surface area contributed by atoms with Crippen molar-refractivity contribution in [2.45, 2.75) is 12.1 Å². The van der Waals surface area contributed by atoms with Gasteiger partial charge < -0.3 is 5.11 Å². The number of aromatic nitrogens is 2. The van der Waals surface area contributed by atoms with Crippen molar-refractivity contribution in [2.75, 3.05) is 5.43 Å². The van der Waals surface area contributed by atoms with Crippen LogP contribution in [0.1, 0.15) is 16.1 Å². The van der Waals surface area contributed by atoms with Crippen LogP contribution in [0.2, 0.25) is 0 Å². The Hall–Kier alpha value is -2.04. The molecule has 11 heteroatoms. The first kappa shape index (κ1) is 14.0. The van der Waals surface area contributed by atoms with Gasteiger partial charge in [0.1, 0.15) is 11.3 Å². The van der Waals surface area contributed by atoms with Gasteiger partial charge >= 0.3 is 18.1 Å². The summed E-state index contributed by atoms with van der Waals surface area (Å²) in [5.74, 6) is -3.47. The lowest BCUT2D eigenvalue weighted by atomic mass is 10.1. The number of aromatic carboxylic acids is 1. The van der Waals surface area contributed by atoms with Crippen LogP contribution in [-0.4, -0.2) is 27.2 Å². The fraction of sp³-hybridized carbons (Fsp3) is 0.286. The molecule has 0 fully saturated rings. The van der Waals surface area contributed by atoms with Crippen molar-refractivity contribution in [3.8, 4) is 0 Å². The summed E-state index contributed by atoms with van der Waals surface area (Å²) in [6.45, 7) is 0.